The number of nitrogens with one attached hydrogen (secondary N) is 1. The van der Waals surface area contributed by atoms with E-state index in [1.807, 2.05) is 6.92 Å². The first-order valence-electron chi connectivity index (χ1n) is 5.48. The Hall–Kier alpha value is -1.91. The third kappa shape index (κ3) is 3.27. The number of phenols is 2. The number of methoxy groups -OCH3 is 1. The summed E-state index contributed by atoms with van der Waals surface area (Å²) in [5.74, 6) is -0.784. The molecule has 94 valence electrons. The van der Waals surface area contributed by atoms with Crippen molar-refractivity contribution in [2.45, 2.75) is 19.8 Å². The third-order valence-electron chi connectivity index (χ3n) is 2.35. The summed E-state index contributed by atoms with van der Waals surface area (Å²) in [5.41, 5.74) is -0.123. The molecule has 0 atom stereocenters. The Bertz CT molecular complexity index is 380. The normalized spacial score (nSPS) is 10.0. The lowest BCUT2D eigenvalue weighted by Gasteiger charge is -2.09. The van der Waals surface area contributed by atoms with Crippen molar-refractivity contribution in [3.63, 3.8) is 0 Å². The summed E-state index contributed by atoms with van der Waals surface area (Å²) >= 11 is 0. The maximum atomic E-state index is 11.7. The standard InChI is InChI=1S/C12H17NO4/c1-3-4-5-13-12(16)11-9(14)6-8(17-2)7-10(11)15/h6-7,14-15H,3-5H2,1-2H3,(H,13,16). The summed E-state index contributed by atoms with van der Waals surface area (Å²) in [6.45, 7) is 2.52. The van der Waals surface area contributed by atoms with Gasteiger partial charge in [0.05, 0.1) is 7.11 Å². The van der Waals surface area contributed by atoms with E-state index < -0.39 is 5.91 Å². The average Bonchev–Trinajstić information content (AvgIpc) is 2.28. The molecule has 1 rings (SSSR count). The number of phenolic OH excluding ortho intramolecular Hbond substituents is 2. The molecule has 0 aliphatic carbocycles. The highest BCUT2D eigenvalue weighted by Gasteiger charge is 2.17. The number of carbonyl (C=O) groups is 1. The van der Waals surface area contributed by atoms with Gasteiger partial charge in [0.1, 0.15) is 22.8 Å². The van der Waals surface area contributed by atoms with E-state index in [4.69, 9.17) is 4.74 Å². The number of ether oxygens (including phenoxy) is 1. The van der Waals surface area contributed by atoms with Gasteiger partial charge in [-0.25, -0.2) is 0 Å². The van der Waals surface area contributed by atoms with Crippen LogP contribution in [0.3, 0.4) is 0 Å². The van der Waals surface area contributed by atoms with Gasteiger partial charge < -0.3 is 20.3 Å². The summed E-state index contributed by atoms with van der Waals surface area (Å²) in [6.07, 6.45) is 1.81. The van der Waals surface area contributed by atoms with Crippen LogP contribution in [0.25, 0.3) is 0 Å². The molecule has 0 aromatic heterocycles. The number of amides is 1. The number of aromatic hydroxyl groups is 2. The van der Waals surface area contributed by atoms with Crippen molar-refractivity contribution in [1.29, 1.82) is 0 Å². The lowest BCUT2D eigenvalue weighted by atomic mass is 10.1. The first-order chi connectivity index (χ1) is 8.10. The minimum absolute atomic E-state index is 0.123. The summed E-state index contributed by atoms with van der Waals surface area (Å²) < 4.78 is 4.86. The van der Waals surface area contributed by atoms with Gasteiger partial charge in [-0.05, 0) is 6.42 Å². The highest BCUT2D eigenvalue weighted by Crippen LogP contribution is 2.32. The van der Waals surface area contributed by atoms with Crippen molar-refractivity contribution >= 4 is 5.91 Å². The molecule has 0 fully saturated rings. The van der Waals surface area contributed by atoms with Crippen LogP contribution in [0.15, 0.2) is 12.1 Å². The maximum absolute atomic E-state index is 11.7. The number of benzene rings is 1. The lowest BCUT2D eigenvalue weighted by Crippen LogP contribution is -2.24. The Morgan fingerprint density at radius 1 is 1.35 bits per heavy atom. The van der Waals surface area contributed by atoms with E-state index in [2.05, 4.69) is 5.32 Å². The van der Waals surface area contributed by atoms with Gasteiger partial charge in [-0.2, -0.15) is 0 Å². The molecule has 0 saturated carbocycles. The average molecular weight is 239 g/mol. The van der Waals surface area contributed by atoms with E-state index in [1.54, 1.807) is 0 Å². The molecule has 1 aromatic carbocycles. The van der Waals surface area contributed by atoms with E-state index in [9.17, 15) is 15.0 Å². The van der Waals surface area contributed by atoms with Crippen LogP contribution >= 0.6 is 0 Å². The second-order valence-corrected chi connectivity index (χ2v) is 3.65. The molecule has 0 saturated heterocycles. The summed E-state index contributed by atoms with van der Waals surface area (Å²) in [4.78, 5) is 11.7. The van der Waals surface area contributed by atoms with Crippen molar-refractivity contribution in [2.24, 2.45) is 0 Å². The Balaban J connectivity index is 2.86. The summed E-state index contributed by atoms with van der Waals surface area (Å²) in [7, 11) is 1.41. The second-order valence-electron chi connectivity index (χ2n) is 3.65. The molecule has 3 N–H and O–H groups in total. The molecule has 17 heavy (non-hydrogen) atoms. The molecule has 5 nitrogen and oxygen atoms in total. The molecule has 0 heterocycles. The van der Waals surface area contributed by atoms with Crippen LogP contribution in [0, 0.1) is 0 Å². The number of rotatable bonds is 5. The molecule has 0 unspecified atom stereocenters. The van der Waals surface area contributed by atoms with Gasteiger partial charge >= 0.3 is 0 Å². The molecule has 1 aromatic rings. The first-order valence-corrected chi connectivity index (χ1v) is 5.48. The largest absolute Gasteiger partial charge is 0.507 e. The van der Waals surface area contributed by atoms with Crippen LogP contribution in [0.1, 0.15) is 30.1 Å². The summed E-state index contributed by atoms with van der Waals surface area (Å²) in [6, 6.07) is 2.57. The fraction of sp³-hybridized carbons (Fsp3) is 0.417. The van der Waals surface area contributed by atoms with Gasteiger partial charge in [0, 0.05) is 18.7 Å². The van der Waals surface area contributed by atoms with Gasteiger partial charge in [-0.3, -0.25) is 4.79 Å². The highest BCUT2D eigenvalue weighted by molar-refractivity contribution is 5.99. The molecule has 1 amide bonds. The van der Waals surface area contributed by atoms with Crippen LogP contribution in [-0.4, -0.2) is 29.8 Å². The quantitative estimate of drug-likeness (QED) is 0.682. The predicted octanol–water partition coefficient (Wildman–Crippen LogP) is 1.64. The van der Waals surface area contributed by atoms with E-state index in [1.165, 1.54) is 19.2 Å². The zero-order valence-electron chi connectivity index (χ0n) is 9.99. The van der Waals surface area contributed by atoms with Crippen molar-refractivity contribution < 1.29 is 19.7 Å². The molecule has 0 spiro atoms. The van der Waals surface area contributed by atoms with Gasteiger partial charge in [-0.15, -0.1) is 0 Å². The molecule has 0 radical (unpaired) electrons. The van der Waals surface area contributed by atoms with Gasteiger partial charge in [0.2, 0.25) is 0 Å². The number of hydrogen-bond acceptors (Lipinski definition) is 4. The fourth-order valence-corrected chi connectivity index (χ4v) is 1.40. The Kier molecular flexibility index (Phi) is 4.63. The van der Waals surface area contributed by atoms with Gasteiger partial charge in [0.25, 0.3) is 5.91 Å². The van der Waals surface area contributed by atoms with Crippen LogP contribution in [0.5, 0.6) is 17.2 Å². The lowest BCUT2D eigenvalue weighted by molar-refractivity contribution is 0.0947. The second kappa shape index (κ2) is 5.98. The smallest absolute Gasteiger partial charge is 0.258 e. The monoisotopic (exact) mass is 239 g/mol. The van der Waals surface area contributed by atoms with Crippen molar-refractivity contribution in [3.05, 3.63) is 17.7 Å². The number of hydrogen-bond donors (Lipinski definition) is 3. The van der Waals surface area contributed by atoms with Crippen LogP contribution in [-0.2, 0) is 0 Å². The van der Waals surface area contributed by atoms with Crippen LogP contribution in [0.2, 0.25) is 0 Å². The first kappa shape index (κ1) is 13.2. The van der Waals surface area contributed by atoms with Crippen molar-refractivity contribution in [1.82, 2.24) is 5.32 Å². The van der Waals surface area contributed by atoms with E-state index in [-0.39, 0.29) is 17.1 Å². The van der Waals surface area contributed by atoms with Crippen molar-refractivity contribution in [3.8, 4) is 17.2 Å². The van der Waals surface area contributed by atoms with Gasteiger partial charge in [0.15, 0.2) is 0 Å². The zero-order valence-corrected chi connectivity index (χ0v) is 9.99. The predicted molar refractivity (Wildman–Crippen MR) is 63.6 cm³/mol. The maximum Gasteiger partial charge on any atom is 0.258 e. The topological polar surface area (TPSA) is 78.8 Å². The minimum Gasteiger partial charge on any atom is -0.507 e. The van der Waals surface area contributed by atoms with Gasteiger partial charge in [-0.1, -0.05) is 13.3 Å². The van der Waals surface area contributed by atoms with E-state index >= 15 is 0 Å². The van der Waals surface area contributed by atoms with Crippen LogP contribution in [0.4, 0.5) is 0 Å². The Morgan fingerprint density at radius 3 is 2.41 bits per heavy atom. The number of unbranched alkanes of at least 4 members (excludes halogenated alkanes) is 1. The SMILES string of the molecule is CCCCNC(=O)c1c(O)cc(OC)cc1O. The Morgan fingerprint density at radius 2 is 1.94 bits per heavy atom. The van der Waals surface area contributed by atoms with E-state index in [0.717, 1.165) is 12.8 Å². The minimum atomic E-state index is -0.490. The Labute approximate surface area is 100 Å². The molecule has 0 aliphatic heterocycles. The molecule has 0 bridgehead atoms. The third-order valence-corrected chi connectivity index (χ3v) is 2.35. The molecular weight excluding hydrogens is 222 g/mol. The molecular formula is C12H17NO4. The molecule has 0 aliphatic rings. The van der Waals surface area contributed by atoms with Crippen LogP contribution < -0.4 is 10.1 Å². The highest BCUT2D eigenvalue weighted by atomic mass is 16.5. The number of carbonyl (C=O) groups excluding carboxylic acids is 1. The fourth-order valence-electron chi connectivity index (χ4n) is 1.40. The van der Waals surface area contributed by atoms with E-state index in [0.29, 0.717) is 12.3 Å². The zero-order chi connectivity index (χ0) is 12.8. The summed E-state index contributed by atoms with van der Waals surface area (Å²) in [5, 5.41) is 21.9. The van der Waals surface area contributed by atoms with Crippen molar-refractivity contribution in [2.75, 3.05) is 13.7 Å². The molecule has 5 heteroatoms.